The van der Waals surface area contributed by atoms with Crippen LogP contribution in [0.2, 0.25) is 0 Å². The van der Waals surface area contributed by atoms with Gasteiger partial charge in [-0.2, -0.15) is 0 Å². The average molecular weight is 395 g/mol. The molecule has 1 saturated heterocycles. The number of phenols is 1. The van der Waals surface area contributed by atoms with E-state index in [1.807, 2.05) is 0 Å². The first-order chi connectivity index (χ1) is 12.8. The Morgan fingerprint density at radius 3 is 2.52 bits per heavy atom. The van der Waals surface area contributed by atoms with Gasteiger partial charge in [0, 0.05) is 12.1 Å². The van der Waals surface area contributed by atoms with Gasteiger partial charge in [-0.25, -0.2) is 13.2 Å². The molecule has 1 aliphatic heterocycles. The molecule has 1 aromatic rings. The summed E-state index contributed by atoms with van der Waals surface area (Å²) in [5, 5.41) is 9.98. The fourth-order valence-corrected chi connectivity index (χ4v) is 5.70. The fourth-order valence-electron chi connectivity index (χ4n) is 3.99. The van der Waals surface area contributed by atoms with Crippen molar-refractivity contribution in [3.05, 3.63) is 29.3 Å². The highest BCUT2D eigenvalue weighted by Crippen LogP contribution is 2.29. The molecule has 3 rings (SSSR count). The van der Waals surface area contributed by atoms with Crippen LogP contribution in [-0.4, -0.2) is 60.5 Å². The van der Waals surface area contributed by atoms with Crippen LogP contribution in [0.4, 0.5) is 0 Å². The predicted molar refractivity (Wildman–Crippen MR) is 99.3 cm³/mol. The molecule has 0 aromatic heterocycles. The maximum atomic E-state index is 12.8. The number of nitrogens with zero attached hydrogens (tertiary/aromatic N) is 1. The lowest BCUT2D eigenvalue weighted by molar-refractivity contribution is -0.139. The molecular formula is C19H25NO6S. The van der Waals surface area contributed by atoms with Gasteiger partial charge in [0.2, 0.25) is 0 Å². The molecule has 0 radical (unpaired) electrons. The van der Waals surface area contributed by atoms with Crippen LogP contribution in [0.15, 0.2) is 18.2 Å². The Balaban J connectivity index is 1.69. The normalized spacial score (nSPS) is 21.9. The first-order valence-corrected chi connectivity index (χ1v) is 11.1. The van der Waals surface area contributed by atoms with Crippen LogP contribution in [-0.2, 0) is 19.4 Å². The molecule has 1 saturated carbocycles. The number of carbonyl (C=O) groups is 2. The molecule has 7 nitrogen and oxygen atoms in total. The zero-order chi connectivity index (χ0) is 19.6. The molecule has 1 N–H and O–H groups in total. The first-order valence-electron chi connectivity index (χ1n) is 9.26. The molecule has 2 fully saturated rings. The van der Waals surface area contributed by atoms with Crippen molar-refractivity contribution >= 4 is 21.7 Å². The van der Waals surface area contributed by atoms with E-state index in [0.717, 1.165) is 25.7 Å². The van der Waals surface area contributed by atoms with Crippen LogP contribution in [0.25, 0.3) is 0 Å². The molecule has 148 valence electrons. The van der Waals surface area contributed by atoms with Gasteiger partial charge in [-0.15, -0.1) is 0 Å². The number of hydrogen-bond acceptors (Lipinski definition) is 6. The van der Waals surface area contributed by atoms with Gasteiger partial charge in [0.05, 0.1) is 11.5 Å². The number of carbonyl (C=O) groups excluding carboxylic acids is 2. The molecule has 1 amide bonds. The zero-order valence-electron chi connectivity index (χ0n) is 15.4. The second-order valence-corrected chi connectivity index (χ2v) is 9.57. The van der Waals surface area contributed by atoms with E-state index in [9.17, 15) is 23.1 Å². The van der Waals surface area contributed by atoms with Crippen LogP contribution in [0.1, 0.15) is 48.0 Å². The summed E-state index contributed by atoms with van der Waals surface area (Å²) >= 11 is 0. The van der Waals surface area contributed by atoms with Crippen molar-refractivity contribution in [3.8, 4) is 5.75 Å². The summed E-state index contributed by atoms with van der Waals surface area (Å²) in [6.07, 6.45) is 4.12. The fraction of sp³-hybridized carbons (Fsp3) is 0.579. The third-order valence-corrected chi connectivity index (χ3v) is 7.14. The van der Waals surface area contributed by atoms with Gasteiger partial charge < -0.3 is 14.7 Å². The monoisotopic (exact) mass is 395 g/mol. The van der Waals surface area contributed by atoms with E-state index < -0.39 is 22.4 Å². The van der Waals surface area contributed by atoms with Crippen LogP contribution in [0, 0.1) is 6.92 Å². The van der Waals surface area contributed by atoms with Crippen molar-refractivity contribution < 1.29 is 27.9 Å². The van der Waals surface area contributed by atoms with Crippen molar-refractivity contribution in [1.82, 2.24) is 4.90 Å². The van der Waals surface area contributed by atoms with Gasteiger partial charge >= 0.3 is 5.97 Å². The highest BCUT2D eigenvalue weighted by Gasteiger charge is 2.39. The van der Waals surface area contributed by atoms with Gasteiger partial charge in [-0.1, -0.05) is 25.0 Å². The lowest BCUT2D eigenvalue weighted by atomic mass is 10.1. The second-order valence-electron chi connectivity index (χ2n) is 7.34. The van der Waals surface area contributed by atoms with Crippen molar-refractivity contribution in [3.63, 3.8) is 0 Å². The molecule has 1 atom stereocenters. The molecule has 0 spiro atoms. The summed E-state index contributed by atoms with van der Waals surface area (Å²) < 4.78 is 28.8. The smallest absolute Gasteiger partial charge is 0.342 e. The van der Waals surface area contributed by atoms with E-state index in [4.69, 9.17) is 4.74 Å². The third kappa shape index (κ3) is 4.43. The van der Waals surface area contributed by atoms with E-state index >= 15 is 0 Å². The Kier molecular flexibility index (Phi) is 5.74. The van der Waals surface area contributed by atoms with Gasteiger partial charge in [0.25, 0.3) is 5.91 Å². The number of rotatable bonds is 5. The molecule has 2 aliphatic rings. The van der Waals surface area contributed by atoms with Gasteiger partial charge in [-0.3, -0.25) is 4.79 Å². The Bertz CT molecular complexity index is 829. The van der Waals surface area contributed by atoms with Gasteiger partial charge in [0.15, 0.2) is 16.4 Å². The summed E-state index contributed by atoms with van der Waals surface area (Å²) in [5.74, 6) is -1.24. The quantitative estimate of drug-likeness (QED) is 0.763. The number of hydrogen-bond donors (Lipinski definition) is 1. The maximum absolute atomic E-state index is 12.8. The molecule has 8 heteroatoms. The maximum Gasteiger partial charge on any atom is 0.342 e. The van der Waals surface area contributed by atoms with Crippen molar-refractivity contribution in [2.24, 2.45) is 0 Å². The minimum absolute atomic E-state index is 0.00174. The number of para-hydroxylation sites is 1. The van der Waals surface area contributed by atoms with Gasteiger partial charge in [-0.05, 0) is 37.8 Å². The summed E-state index contributed by atoms with van der Waals surface area (Å²) in [5.41, 5.74) is 0.554. The molecule has 0 bridgehead atoms. The lowest BCUT2D eigenvalue weighted by Gasteiger charge is -2.33. The molecular weight excluding hydrogens is 370 g/mol. The Morgan fingerprint density at radius 1 is 1.19 bits per heavy atom. The number of aryl methyl sites for hydroxylation is 1. The number of aromatic hydroxyl groups is 1. The predicted octanol–water partition coefficient (Wildman–Crippen LogP) is 1.82. The van der Waals surface area contributed by atoms with E-state index in [1.165, 1.54) is 6.07 Å². The summed E-state index contributed by atoms with van der Waals surface area (Å²) in [4.78, 5) is 26.7. The Labute approximate surface area is 159 Å². The number of amides is 1. The molecule has 1 heterocycles. The summed E-state index contributed by atoms with van der Waals surface area (Å²) in [6, 6.07) is 4.38. The Morgan fingerprint density at radius 2 is 1.89 bits per heavy atom. The number of sulfone groups is 1. The SMILES string of the molecule is Cc1cccc(C(=O)OCC(=O)N(C2CCCC2)[C@H]2CCS(=O)(=O)C2)c1O. The minimum Gasteiger partial charge on any atom is -0.507 e. The average Bonchev–Trinajstić information content (AvgIpc) is 3.25. The highest BCUT2D eigenvalue weighted by molar-refractivity contribution is 7.91. The number of esters is 1. The molecule has 1 aromatic carbocycles. The van der Waals surface area contributed by atoms with E-state index in [1.54, 1.807) is 24.0 Å². The van der Waals surface area contributed by atoms with Gasteiger partial charge in [0.1, 0.15) is 11.3 Å². The molecule has 27 heavy (non-hydrogen) atoms. The van der Waals surface area contributed by atoms with Crippen LogP contribution in [0.3, 0.4) is 0 Å². The standard InChI is InChI=1S/C19H25NO6S/c1-13-5-4-8-16(18(13)22)19(23)26-11-17(21)20(14-6-2-3-7-14)15-9-10-27(24,25)12-15/h4-5,8,14-15,22H,2-3,6-7,9-12H2,1H3/t15-/m0/s1. The number of phenolic OH excluding ortho intramolecular Hbond substituents is 1. The van der Waals surface area contributed by atoms with E-state index in [-0.39, 0.29) is 40.8 Å². The second kappa shape index (κ2) is 7.88. The Hall–Kier alpha value is -2.09. The topological polar surface area (TPSA) is 101 Å². The van der Waals surface area contributed by atoms with E-state index in [0.29, 0.717) is 12.0 Å². The van der Waals surface area contributed by atoms with E-state index in [2.05, 4.69) is 0 Å². The van der Waals surface area contributed by atoms with Crippen molar-refractivity contribution in [2.75, 3.05) is 18.1 Å². The molecule has 0 unspecified atom stereocenters. The summed E-state index contributed by atoms with van der Waals surface area (Å²) in [6.45, 7) is 1.21. The highest BCUT2D eigenvalue weighted by atomic mass is 32.2. The van der Waals surface area contributed by atoms with Crippen molar-refractivity contribution in [2.45, 2.75) is 51.1 Å². The zero-order valence-corrected chi connectivity index (χ0v) is 16.2. The lowest BCUT2D eigenvalue weighted by Crippen LogP contribution is -2.48. The minimum atomic E-state index is -3.12. The van der Waals surface area contributed by atoms with Crippen LogP contribution >= 0.6 is 0 Å². The third-order valence-electron chi connectivity index (χ3n) is 5.39. The molecule has 1 aliphatic carbocycles. The largest absolute Gasteiger partial charge is 0.507 e. The van der Waals surface area contributed by atoms with Crippen LogP contribution in [0.5, 0.6) is 5.75 Å². The van der Waals surface area contributed by atoms with Crippen molar-refractivity contribution in [1.29, 1.82) is 0 Å². The van der Waals surface area contributed by atoms with Crippen LogP contribution < -0.4 is 0 Å². The number of benzene rings is 1. The first kappa shape index (κ1) is 19.7. The number of ether oxygens (including phenoxy) is 1. The summed E-state index contributed by atoms with van der Waals surface area (Å²) in [7, 11) is -3.12.